The molecule has 5 rings (SSSR count). The standard InChI is InChI=1S/C22H26N6/c23-17-12-16(13-17)19-14-21(26-22(24)25-19)28-10-8-27(9-11-28)20-7-3-5-15-4-1-2-6-18(15)20/h1-7,14,16-17H,8-13,23H2,(H2,24,25,26). The van der Waals surface area contributed by atoms with Crippen LogP contribution in [-0.2, 0) is 0 Å². The lowest BCUT2D eigenvalue weighted by atomic mass is 9.78. The molecule has 2 heterocycles. The molecule has 4 N–H and O–H groups in total. The van der Waals surface area contributed by atoms with E-state index >= 15 is 0 Å². The lowest BCUT2D eigenvalue weighted by molar-refractivity contribution is 0.345. The molecule has 1 aromatic heterocycles. The molecule has 0 amide bonds. The molecular weight excluding hydrogens is 348 g/mol. The van der Waals surface area contributed by atoms with Gasteiger partial charge in [0.15, 0.2) is 0 Å². The van der Waals surface area contributed by atoms with Crippen LogP contribution in [0.2, 0.25) is 0 Å². The van der Waals surface area contributed by atoms with E-state index in [0.717, 1.165) is 50.5 Å². The number of aromatic nitrogens is 2. The Morgan fingerprint density at radius 1 is 0.857 bits per heavy atom. The number of nitrogens with zero attached hydrogens (tertiary/aromatic N) is 4. The molecule has 144 valence electrons. The van der Waals surface area contributed by atoms with Gasteiger partial charge in [0.2, 0.25) is 5.95 Å². The Morgan fingerprint density at radius 3 is 2.36 bits per heavy atom. The van der Waals surface area contributed by atoms with Crippen LogP contribution >= 0.6 is 0 Å². The first-order valence-corrected chi connectivity index (χ1v) is 10.0. The summed E-state index contributed by atoms with van der Waals surface area (Å²) in [6.07, 6.45) is 1.98. The number of rotatable bonds is 3. The molecule has 2 fully saturated rings. The minimum atomic E-state index is 0.300. The van der Waals surface area contributed by atoms with Gasteiger partial charge in [0, 0.05) is 55.3 Å². The van der Waals surface area contributed by atoms with Crippen molar-refractivity contribution in [3.63, 3.8) is 0 Å². The van der Waals surface area contributed by atoms with E-state index in [2.05, 4.69) is 68.3 Å². The van der Waals surface area contributed by atoms with E-state index in [1.54, 1.807) is 0 Å². The van der Waals surface area contributed by atoms with Crippen LogP contribution in [0.15, 0.2) is 48.5 Å². The van der Waals surface area contributed by atoms with Crippen LogP contribution < -0.4 is 21.3 Å². The third-order valence-electron chi connectivity index (χ3n) is 6.05. The first-order chi connectivity index (χ1) is 13.7. The third-order valence-corrected chi connectivity index (χ3v) is 6.05. The molecule has 0 radical (unpaired) electrons. The maximum atomic E-state index is 6.01. The van der Waals surface area contributed by atoms with Crippen LogP contribution in [-0.4, -0.2) is 42.2 Å². The normalized spacial score (nSPS) is 22.3. The van der Waals surface area contributed by atoms with Crippen molar-refractivity contribution in [1.29, 1.82) is 0 Å². The average molecular weight is 374 g/mol. The zero-order chi connectivity index (χ0) is 19.1. The summed E-state index contributed by atoms with van der Waals surface area (Å²) in [4.78, 5) is 13.8. The molecule has 0 bridgehead atoms. The van der Waals surface area contributed by atoms with E-state index in [1.807, 2.05) is 0 Å². The Kier molecular flexibility index (Phi) is 4.28. The number of piperazine rings is 1. The Hall–Kier alpha value is -2.86. The Balaban J connectivity index is 1.33. The number of anilines is 3. The summed E-state index contributed by atoms with van der Waals surface area (Å²) in [6, 6.07) is 17.5. The highest BCUT2D eigenvalue weighted by Crippen LogP contribution is 2.36. The molecule has 0 atom stereocenters. The van der Waals surface area contributed by atoms with Crippen molar-refractivity contribution in [2.45, 2.75) is 24.8 Å². The van der Waals surface area contributed by atoms with Gasteiger partial charge in [0.1, 0.15) is 5.82 Å². The largest absolute Gasteiger partial charge is 0.368 e. The SMILES string of the molecule is Nc1nc(C2CC(N)C2)cc(N2CCN(c3cccc4ccccc34)CC2)n1. The van der Waals surface area contributed by atoms with Crippen molar-refractivity contribution < 1.29 is 0 Å². The van der Waals surface area contributed by atoms with Crippen molar-refractivity contribution in [1.82, 2.24) is 9.97 Å². The van der Waals surface area contributed by atoms with Gasteiger partial charge in [0.05, 0.1) is 5.69 Å². The average Bonchev–Trinajstić information content (AvgIpc) is 2.71. The zero-order valence-electron chi connectivity index (χ0n) is 16.0. The van der Waals surface area contributed by atoms with Gasteiger partial charge < -0.3 is 21.3 Å². The Labute approximate surface area is 165 Å². The molecule has 6 nitrogen and oxygen atoms in total. The van der Waals surface area contributed by atoms with Crippen LogP contribution in [0.4, 0.5) is 17.5 Å². The monoisotopic (exact) mass is 374 g/mol. The topological polar surface area (TPSA) is 84.3 Å². The molecule has 28 heavy (non-hydrogen) atoms. The van der Waals surface area contributed by atoms with Crippen LogP contribution in [0, 0.1) is 0 Å². The highest BCUT2D eigenvalue weighted by Gasteiger charge is 2.30. The van der Waals surface area contributed by atoms with Crippen molar-refractivity contribution in [3.8, 4) is 0 Å². The first-order valence-electron chi connectivity index (χ1n) is 10.0. The second-order valence-corrected chi connectivity index (χ2v) is 7.91. The summed E-state index contributed by atoms with van der Waals surface area (Å²) in [5.41, 5.74) is 14.3. The molecule has 3 aromatic rings. The van der Waals surface area contributed by atoms with Crippen LogP contribution in [0.3, 0.4) is 0 Å². The van der Waals surface area contributed by atoms with Gasteiger partial charge in [-0.2, -0.15) is 4.98 Å². The summed E-state index contributed by atoms with van der Waals surface area (Å²) < 4.78 is 0. The number of hydrogen-bond acceptors (Lipinski definition) is 6. The summed E-state index contributed by atoms with van der Waals surface area (Å²) in [5.74, 6) is 1.74. The van der Waals surface area contributed by atoms with E-state index in [4.69, 9.17) is 11.5 Å². The fourth-order valence-corrected chi connectivity index (χ4v) is 4.41. The van der Waals surface area contributed by atoms with E-state index in [1.165, 1.54) is 16.5 Å². The van der Waals surface area contributed by atoms with Gasteiger partial charge >= 0.3 is 0 Å². The maximum Gasteiger partial charge on any atom is 0.222 e. The van der Waals surface area contributed by atoms with Crippen molar-refractivity contribution in [2.24, 2.45) is 5.73 Å². The smallest absolute Gasteiger partial charge is 0.222 e. The fraction of sp³-hybridized carbons (Fsp3) is 0.364. The zero-order valence-corrected chi connectivity index (χ0v) is 16.0. The molecule has 1 saturated heterocycles. The maximum absolute atomic E-state index is 6.01. The quantitative estimate of drug-likeness (QED) is 0.733. The Bertz CT molecular complexity index is 984. The van der Waals surface area contributed by atoms with Crippen LogP contribution in [0.25, 0.3) is 10.8 Å². The molecule has 0 unspecified atom stereocenters. The molecule has 1 saturated carbocycles. The van der Waals surface area contributed by atoms with Crippen molar-refractivity contribution >= 4 is 28.2 Å². The predicted octanol–water partition coefficient (Wildman–Crippen LogP) is 2.74. The number of fused-ring (bicyclic) bond motifs is 1. The molecule has 6 heteroatoms. The minimum Gasteiger partial charge on any atom is -0.368 e. The first kappa shape index (κ1) is 17.3. The predicted molar refractivity (Wildman–Crippen MR) is 115 cm³/mol. The molecule has 0 spiro atoms. The Morgan fingerprint density at radius 2 is 1.57 bits per heavy atom. The van der Waals surface area contributed by atoms with Gasteiger partial charge in [0.25, 0.3) is 0 Å². The van der Waals surface area contributed by atoms with E-state index in [0.29, 0.717) is 17.9 Å². The number of hydrogen-bond donors (Lipinski definition) is 2. The van der Waals surface area contributed by atoms with Gasteiger partial charge in [-0.15, -0.1) is 0 Å². The molecule has 1 aliphatic heterocycles. The van der Waals surface area contributed by atoms with Gasteiger partial charge in [-0.3, -0.25) is 0 Å². The summed E-state index contributed by atoms with van der Waals surface area (Å²) >= 11 is 0. The molecule has 2 aromatic carbocycles. The molecule has 2 aliphatic rings. The molecular formula is C22H26N6. The van der Waals surface area contributed by atoms with Gasteiger partial charge in [-0.25, -0.2) is 4.98 Å². The number of nitrogen functional groups attached to an aromatic ring is 1. The second-order valence-electron chi connectivity index (χ2n) is 7.91. The van der Waals surface area contributed by atoms with Crippen LogP contribution in [0.1, 0.15) is 24.5 Å². The van der Waals surface area contributed by atoms with E-state index in [9.17, 15) is 0 Å². The summed E-state index contributed by atoms with van der Waals surface area (Å²) in [6.45, 7) is 3.76. The van der Waals surface area contributed by atoms with E-state index in [-0.39, 0.29) is 0 Å². The number of nitrogens with two attached hydrogens (primary N) is 2. The lowest BCUT2D eigenvalue weighted by Crippen LogP contribution is -2.47. The van der Waals surface area contributed by atoms with Gasteiger partial charge in [-0.05, 0) is 24.3 Å². The number of benzene rings is 2. The third kappa shape index (κ3) is 3.14. The minimum absolute atomic E-state index is 0.300. The van der Waals surface area contributed by atoms with Crippen LogP contribution in [0.5, 0.6) is 0 Å². The van der Waals surface area contributed by atoms with Crippen molar-refractivity contribution in [3.05, 3.63) is 54.2 Å². The lowest BCUT2D eigenvalue weighted by Gasteiger charge is -2.38. The summed E-state index contributed by atoms with van der Waals surface area (Å²) in [7, 11) is 0. The molecule has 1 aliphatic carbocycles. The fourth-order valence-electron chi connectivity index (χ4n) is 4.41. The highest BCUT2D eigenvalue weighted by atomic mass is 15.3. The van der Waals surface area contributed by atoms with Crippen molar-refractivity contribution in [2.75, 3.05) is 41.7 Å². The highest BCUT2D eigenvalue weighted by molar-refractivity contribution is 5.94. The van der Waals surface area contributed by atoms with E-state index < -0.39 is 0 Å². The summed E-state index contributed by atoms with van der Waals surface area (Å²) in [5, 5.41) is 2.60. The van der Waals surface area contributed by atoms with Gasteiger partial charge in [-0.1, -0.05) is 36.4 Å². The second kappa shape index (κ2) is 6.95.